The first kappa shape index (κ1) is 22.3. The molecule has 7 heteroatoms. The highest BCUT2D eigenvalue weighted by atomic mass is 35.5. The number of hydrogen-bond acceptors (Lipinski definition) is 4. The van der Waals surface area contributed by atoms with E-state index in [1.807, 2.05) is 23.2 Å². The summed E-state index contributed by atoms with van der Waals surface area (Å²) in [7, 11) is 0. The van der Waals surface area contributed by atoms with Crippen LogP contribution in [0.25, 0.3) is 0 Å². The highest BCUT2D eigenvalue weighted by Gasteiger charge is 2.32. The summed E-state index contributed by atoms with van der Waals surface area (Å²) in [5.74, 6) is 0.115. The zero-order valence-electron chi connectivity index (χ0n) is 18.2. The maximum absolute atomic E-state index is 13.0. The predicted octanol–water partition coefficient (Wildman–Crippen LogP) is 3.69. The molecule has 0 spiro atoms. The van der Waals surface area contributed by atoms with Gasteiger partial charge in [-0.1, -0.05) is 24.3 Å². The highest BCUT2D eigenvalue weighted by molar-refractivity contribution is 7.10. The first-order chi connectivity index (χ1) is 15.0. The van der Waals surface area contributed by atoms with Crippen LogP contribution in [-0.4, -0.2) is 71.2 Å². The van der Waals surface area contributed by atoms with Gasteiger partial charge in [0.2, 0.25) is 11.8 Å². The molecule has 2 amide bonds. The molecule has 31 heavy (non-hydrogen) atoms. The number of nitrogens with zero attached hydrogens (tertiary/aromatic N) is 3. The number of carbonyl (C=O) groups excluding carboxylic acids is 2. The Morgan fingerprint density at radius 2 is 1.90 bits per heavy atom. The second-order valence-corrected chi connectivity index (χ2v) is 9.77. The van der Waals surface area contributed by atoms with Crippen LogP contribution in [0, 0.1) is 6.92 Å². The highest BCUT2D eigenvalue weighted by Crippen LogP contribution is 2.38. The molecule has 166 valence electrons. The molecular formula is C24H30ClN3O2S. The monoisotopic (exact) mass is 459 g/mol. The number of carbonyl (C=O) groups is 2. The van der Waals surface area contributed by atoms with E-state index in [-0.39, 0.29) is 29.8 Å². The summed E-state index contributed by atoms with van der Waals surface area (Å²) in [5.41, 5.74) is 4.01. The van der Waals surface area contributed by atoms with Crippen molar-refractivity contribution in [3.63, 3.8) is 0 Å². The lowest BCUT2D eigenvalue weighted by Crippen LogP contribution is -2.56. The zero-order chi connectivity index (χ0) is 22.0. The van der Waals surface area contributed by atoms with Crippen LogP contribution in [0.1, 0.15) is 41.0 Å². The third-order valence-electron chi connectivity index (χ3n) is 6.58. The van der Waals surface area contributed by atoms with Crippen LogP contribution in [0.5, 0.6) is 0 Å². The maximum atomic E-state index is 13.0. The molecule has 2 aliphatic heterocycles. The number of hydrogen-bond donors (Lipinski definition) is 0. The fourth-order valence-corrected chi connectivity index (χ4v) is 5.95. The van der Waals surface area contributed by atoms with E-state index in [1.165, 1.54) is 21.6 Å². The average Bonchev–Trinajstić information content (AvgIpc) is 3.26. The molecular weight excluding hydrogens is 430 g/mol. The van der Waals surface area contributed by atoms with Crippen LogP contribution in [0.15, 0.2) is 35.7 Å². The Labute approximate surface area is 193 Å². The fourth-order valence-electron chi connectivity index (χ4n) is 4.90. The number of thiophene rings is 1. The van der Waals surface area contributed by atoms with Gasteiger partial charge in [-0.2, -0.15) is 0 Å². The van der Waals surface area contributed by atoms with Crippen molar-refractivity contribution in [2.45, 2.75) is 38.8 Å². The second-order valence-electron chi connectivity index (χ2n) is 8.50. The minimum absolute atomic E-state index is 0.00188. The molecule has 1 saturated heterocycles. The Kier molecular flexibility index (Phi) is 6.99. The molecule has 1 aromatic carbocycles. The van der Waals surface area contributed by atoms with Gasteiger partial charge in [-0.05, 0) is 48.4 Å². The van der Waals surface area contributed by atoms with Gasteiger partial charge < -0.3 is 9.80 Å². The van der Waals surface area contributed by atoms with Crippen molar-refractivity contribution in [2.75, 3.05) is 38.6 Å². The molecule has 0 saturated carbocycles. The number of alkyl halides is 1. The molecule has 2 atom stereocenters. The molecule has 1 aromatic heterocycles. The van der Waals surface area contributed by atoms with Crippen LogP contribution < -0.4 is 0 Å². The molecule has 2 unspecified atom stereocenters. The molecule has 0 N–H and O–H groups in total. The van der Waals surface area contributed by atoms with Gasteiger partial charge >= 0.3 is 0 Å². The average molecular weight is 460 g/mol. The smallest absolute Gasteiger partial charge is 0.237 e. The Balaban J connectivity index is 1.43. The summed E-state index contributed by atoms with van der Waals surface area (Å²) < 4.78 is 0. The van der Waals surface area contributed by atoms with E-state index in [9.17, 15) is 9.59 Å². The molecule has 0 aliphatic carbocycles. The molecule has 5 nitrogen and oxygen atoms in total. The van der Waals surface area contributed by atoms with Gasteiger partial charge in [0, 0.05) is 50.1 Å². The first-order valence-corrected chi connectivity index (χ1v) is 12.4. The van der Waals surface area contributed by atoms with Crippen LogP contribution in [0.2, 0.25) is 0 Å². The molecule has 2 aliphatic rings. The summed E-state index contributed by atoms with van der Waals surface area (Å²) >= 11 is 7.55. The Morgan fingerprint density at radius 3 is 2.65 bits per heavy atom. The molecule has 0 bridgehead atoms. The van der Waals surface area contributed by atoms with E-state index in [2.05, 4.69) is 47.5 Å². The zero-order valence-corrected chi connectivity index (χ0v) is 19.8. The number of rotatable bonds is 5. The van der Waals surface area contributed by atoms with Crippen molar-refractivity contribution in [1.82, 2.24) is 14.7 Å². The molecule has 2 aromatic rings. The number of fused-ring (bicyclic) bond motifs is 1. The SMILES string of the molecule is Cc1ccccc1C1c2ccsc2CCN1CCC(=O)N1CCN(C(=O)CCl)C(C)C1. The number of piperazine rings is 1. The topological polar surface area (TPSA) is 43.9 Å². The normalized spacial score (nSPS) is 21.8. The summed E-state index contributed by atoms with van der Waals surface area (Å²) in [6.07, 6.45) is 1.54. The third-order valence-corrected chi connectivity index (χ3v) is 7.80. The van der Waals surface area contributed by atoms with Gasteiger partial charge in [0.25, 0.3) is 0 Å². The van der Waals surface area contributed by atoms with E-state index in [0.29, 0.717) is 26.1 Å². The lowest BCUT2D eigenvalue weighted by Gasteiger charge is -2.40. The van der Waals surface area contributed by atoms with Gasteiger partial charge in [0.15, 0.2) is 0 Å². The molecule has 3 heterocycles. The Hall–Kier alpha value is -1.89. The Bertz CT molecular complexity index is 946. The standard InChI is InChI=1S/C24H30ClN3O2S/c1-17-5-3-4-6-19(17)24-20-9-14-31-21(20)7-10-26(24)11-8-22(29)27-12-13-28(18(2)16-27)23(30)15-25/h3-6,9,14,18,24H,7-8,10-13,15-16H2,1-2H3. The van der Waals surface area contributed by atoms with Gasteiger partial charge in [0.1, 0.15) is 5.88 Å². The van der Waals surface area contributed by atoms with Crippen molar-refractivity contribution < 1.29 is 9.59 Å². The van der Waals surface area contributed by atoms with Crippen molar-refractivity contribution in [1.29, 1.82) is 0 Å². The van der Waals surface area contributed by atoms with Crippen molar-refractivity contribution in [3.8, 4) is 0 Å². The fraction of sp³-hybridized carbons (Fsp3) is 0.500. The lowest BCUT2D eigenvalue weighted by molar-refractivity contribution is -0.141. The molecule has 4 rings (SSSR count). The summed E-state index contributed by atoms with van der Waals surface area (Å²) in [6, 6.07) is 11.0. The minimum Gasteiger partial charge on any atom is -0.339 e. The van der Waals surface area contributed by atoms with Crippen LogP contribution >= 0.6 is 22.9 Å². The second kappa shape index (κ2) is 9.72. The van der Waals surface area contributed by atoms with Crippen molar-refractivity contribution >= 4 is 34.8 Å². The van der Waals surface area contributed by atoms with Gasteiger partial charge in [-0.3, -0.25) is 14.5 Å². The Morgan fingerprint density at radius 1 is 1.10 bits per heavy atom. The largest absolute Gasteiger partial charge is 0.339 e. The van der Waals surface area contributed by atoms with Gasteiger partial charge in [0.05, 0.1) is 6.04 Å². The van der Waals surface area contributed by atoms with Crippen LogP contribution in [0.3, 0.4) is 0 Å². The van der Waals surface area contributed by atoms with E-state index >= 15 is 0 Å². The number of aryl methyl sites for hydroxylation is 1. The lowest BCUT2D eigenvalue weighted by atomic mass is 9.90. The predicted molar refractivity (Wildman–Crippen MR) is 126 cm³/mol. The maximum Gasteiger partial charge on any atom is 0.237 e. The minimum atomic E-state index is -0.0535. The quantitative estimate of drug-likeness (QED) is 0.640. The van der Waals surface area contributed by atoms with Crippen LogP contribution in [0.4, 0.5) is 0 Å². The summed E-state index contributed by atoms with van der Waals surface area (Å²) in [5, 5.41) is 2.19. The van der Waals surface area contributed by atoms with Gasteiger partial charge in [-0.25, -0.2) is 0 Å². The third kappa shape index (κ3) is 4.66. The number of halogens is 1. The number of benzene rings is 1. The van der Waals surface area contributed by atoms with E-state index < -0.39 is 0 Å². The van der Waals surface area contributed by atoms with Crippen molar-refractivity contribution in [2.24, 2.45) is 0 Å². The van der Waals surface area contributed by atoms with E-state index in [4.69, 9.17) is 11.6 Å². The van der Waals surface area contributed by atoms with Crippen molar-refractivity contribution in [3.05, 3.63) is 57.3 Å². The van der Waals surface area contributed by atoms with Gasteiger partial charge in [-0.15, -0.1) is 22.9 Å². The van der Waals surface area contributed by atoms with E-state index in [0.717, 1.165) is 19.5 Å². The summed E-state index contributed by atoms with van der Waals surface area (Å²) in [6.45, 7) is 7.59. The van der Waals surface area contributed by atoms with Crippen LogP contribution in [-0.2, 0) is 16.0 Å². The first-order valence-electron chi connectivity index (χ1n) is 11.0. The van der Waals surface area contributed by atoms with E-state index in [1.54, 1.807) is 4.90 Å². The molecule has 0 radical (unpaired) electrons. The summed E-state index contributed by atoms with van der Waals surface area (Å²) in [4.78, 5) is 32.6. The molecule has 1 fully saturated rings. The number of amides is 2.